The number of rotatable bonds is 10. The average Bonchev–Trinajstić information content (AvgIpc) is 3.33. The maximum Gasteiger partial charge on any atom is 0.416 e. The minimum Gasteiger partial charge on any atom is -0.412 e. The van der Waals surface area contributed by atoms with E-state index in [9.17, 15) is 22.2 Å². The molecule has 2 aromatic carbocycles. The summed E-state index contributed by atoms with van der Waals surface area (Å²) in [6.45, 7) is 7.54. The van der Waals surface area contributed by atoms with Crippen molar-refractivity contribution in [1.29, 1.82) is 0 Å². The van der Waals surface area contributed by atoms with Gasteiger partial charge in [-0.2, -0.15) is 13.2 Å². The SMILES string of the molecule is Cc1cc(C)cc(CCN2CCN(S(C)=O)C(C(=O)NCCc3cncn3Cc3ccc(C(F)(F)F)cc3)C2)c1.O. The van der Waals surface area contributed by atoms with Crippen LogP contribution in [0.2, 0.25) is 0 Å². The molecule has 1 saturated heterocycles. The summed E-state index contributed by atoms with van der Waals surface area (Å²) >= 11 is 0. The smallest absolute Gasteiger partial charge is 0.412 e. The van der Waals surface area contributed by atoms with Crippen molar-refractivity contribution in [2.45, 2.75) is 45.5 Å². The first kappa shape index (κ1) is 32.5. The Balaban J connectivity index is 0.00000462. The lowest BCUT2D eigenvalue weighted by atomic mass is 10.0. The number of alkyl halides is 3. The van der Waals surface area contributed by atoms with Gasteiger partial charge in [-0.25, -0.2) is 13.5 Å². The molecule has 224 valence electrons. The molecule has 8 nitrogen and oxygen atoms in total. The lowest BCUT2D eigenvalue weighted by Crippen LogP contribution is -2.59. The quantitative estimate of drug-likeness (QED) is 0.391. The Morgan fingerprint density at radius 1 is 1.05 bits per heavy atom. The highest BCUT2D eigenvalue weighted by atomic mass is 32.2. The van der Waals surface area contributed by atoms with E-state index in [4.69, 9.17) is 0 Å². The van der Waals surface area contributed by atoms with Crippen LogP contribution in [0.1, 0.15) is 33.5 Å². The first-order chi connectivity index (χ1) is 19.0. The van der Waals surface area contributed by atoms with Crippen molar-refractivity contribution in [1.82, 2.24) is 24.1 Å². The van der Waals surface area contributed by atoms with Gasteiger partial charge in [0.05, 0.1) is 22.9 Å². The summed E-state index contributed by atoms with van der Waals surface area (Å²) in [5.74, 6) is -0.167. The van der Waals surface area contributed by atoms with Gasteiger partial charge in [0.25, 0.3) is 0 Å². The summed E-state index contributed by atoms with van der Waals surface area (Å²) < 4.78 is 54.6. The third-order valence-corrected chi connectivity index (χ3v) is 8.26. The fourth-order valence-electron chi connectivity index (χ4n) is 5.17. The fraction of sp³-hybridized carbons (Fsp3) is 0.448. The van der Waals surface area contributed by atoms with E-state index in [2.05, 4.69) is 47.2 Å². The molecule has 0 radical (unpaired) electrons. The van der Waals surface area contributed by atoms with Crippen molar-refractivity contribution in [3.8, 4) is 0 Å². The molecule has 2 unspecified atom stereocenters. The summed E-state index contributed by atoms with van der Waals surface area (Å²) in [6, 6.07) is 11.1. The van der Waals surface area contributed by atoms with Crippen molar-refractivity contribution in [2.24, 2.45) is 0 Å². The summed E-state index contributed by atoms with van der Waals surface area (Å²) in [6.07, 6.45) is 1.95. The number of imidazole rings is 1. The molecule has 1 aromatic heterocycles. The van der Waals surface area contributed by atoms with Crippen LogP contribution < -0.4 is 5.32 Å². The van der Waals surface area contributed by atoms with Crippen molar-refractivity contribution in [2.75, 3.05) is 39.0 Å². The van der Waals surface area contributed by atoms with Gasteiger partial charge >= 0.3 is 6.18 Å². The van der Waals surface area contributed by atoms with Crippen molar-refractivity contribution < 1.29 is 27.7 Å². The molecule has 2 heterocycles. The second kappa shape index (κ2) is 14.2. The van der Waals surface area contributed by atoms with Crippen LogP contribution in [0.5, 0.6) is 0 Å². The maximum absolute atomic E-state index is 13.2. The second-order valence-electron chi connectivity index (χ2n) is 10.4. The van der Waals surface area contributed by atoms with Gasteiger partial charge in [-0.1, -0.05) is 41.5 Å². The Morgan fingerprint density at radius 2 is 1.73 bits per heavy atom. The van der Waals surface area contributed by atoms with Gasteiger partial charge in [0.1, 0.15) is 6.04 Å². The number of nitrogens with zero attached hydrogens (tertiary/aromatic N) is 4. The van der Waals surface area contributed by atoms with Crippen LogP contribution in [0.3, 0.4) is 0 Å². The number of benzene rings is 2. The number of hydrogen-bond donors (Lipinski definition) is 1. The zero-order chi connectivity index (χ0) is 28.9. The zero-order valence-electron chi connectivity index (χ0n) is 23.6. The molecule has 0 saturated carbocycles. The molecule has 4 rings (SSSR count). The maximum atomic E-state index is 13.2. The molecule has 0 bridgehead atoms. The minimum atomic E-state index is -4.37. The Kier molecular flexibility index (Phi) is 11.3. The van der Waals surface area contributed by atoms with E-state index in [0.29, 0.717) is 32.6 Å². The van der Waals surface area contributed by atoms with Crippen LogP contribution in [0.25, 0.3) is 0 Å². The third-order valence-electron chi connectivity index (χ3n) is 7.16. The number of piperazine rings is 1. The molecule has 1 aliphatic rings. The Bertz CT molecular complexity index is 1310. The standard InChI is InChI=1S/C29H36F3N5O2S.H2O/c1-21-14-22(2)16-24(15-21)9-11-35-12-13-37(40(3)39)27(19-35)28(38)34-10-8-26-17-33-20-36(26)18-23-4-6-25(7-5-23)29(30,31)32;/h4-7,14-17,20,27H,8-13,18-19H2,1-3H3,(H,34,38);1H2. The molecule has 1 fully saturated rings. The number of nitrogens with one attached hydrogen (secondary N) is 1. The molecule has 3 aromatic rings. The third kappa shape index (κ3) is 8.96. The summed E-state index contributed by atoms with van der Waals surface area (Å²) in [5.41, 5.74) is 4.64. The number of hydrogen-bond acceptors (Lipinski definition) is 4. The molecule has 1 aliphatic heterocycles. The van der Waals surface area contributed by atoms with E-state index in [0.717, 1.165) is 42.9 Å². The van der Waals surface area contributed by atoms with Gasteiger partial charge in [-0.15, -0.1) is 0 Å². The average molecular weight is 594 g/mol. The van der Waals surface area contributed by atoms with E-state index in [1.165, 1.54) is 28.8 Å². The van der Waals surface area contributed by atoms with Crippen molar-refractivity contribution in [3.05, 3.63) is 88.5 Å². The molecule has 3 N–H and O–H groups in total. The normalized spacial score (nSPS) is 17.2. The topological polar surface area (TPSA) is 102 Å². The summed E-state index contributed by atoms with van der Waals surface area (Å²) in [5, 5.41) is 2.99. The number of halogens is 3. The van der Waals surface area contributed by atoms with Crippen LogP contribution in [0, 0.1) is 13.8 Å². The van der Waals surface area contributed by atoms with Gasteiger partial charge in [0.2, 0.25) is 5.91 Å². The summed E-state index contributed by atoms with van der Waals surface area (Å²) in [7, 11) is -1.27. The van der Waals surface area contributed by atoms with Crippen molar-refractivity contribution in [3.63, 3.8) is 0 Å². The van der Waals surface area contributed by atoms with E-state index in [-0.39, 0.29) is 11.4 Å². The Morgan fingerprint density at radius 3 is 2.37 bits per heavy atom. The summed E-state index contributed by atoms with van der Waals surface area (Å²) in [4.78, 5) is 19.6. The van der Waals surface area contributed by atoms with Crippen LogP contribution in [0.15, 0.2) is 55.0 Å². The Labute approximate surface area is 241 Å². The highest BCUT2D eigenvalue weighted by molar-refractivity contribution is 7.81. The van der Waals surface area contributed by atoms with Crippen molar-refractivity contribution >= 4 is 16.9 Å². The minimum absolute atomic E-state index is 0. The molecule has 1 amide bonds. The lowest BCUT2D eigenvalue weighted by molar-refractivity contribution is -0.137. The van der Waals surface area contributed by atoms with Crippen LogP contribution >= 0.6 is 0 Å². The highest BCUT2D eigenvalue weighted by Crippen LogP contribution is 2.29. The first-order valence-electron chi connectivity index (χ1n) is 13.3. The number of amides is 1. The zero-order valence-corrected chi connectivity index (χ0v) is 24.4. The first-order valence-corrected chi connectivity index (χ1v) is 14.8. The van der Waals surface area contributed by atoms with Gasteiger partial charge < -0.3 is 15.4 Å². The van der Waals surface area contributed by atoms with Crippen LogP contribution in [0.4, 0.5) is 13.2 Å². The molecule has 0 spiro atoms. The molecule has 0 aliphatic carbocycles. The van der Waals surface area contributed by atoms with Gasteiger partial charge in [0.15, 0.2) is 0 Å². The van der Waals surface area contributed by atoms with Gasteiger partial charge in [-0.3, -0.25) is 9.69 Å². The largest absolute Gasteiger partial charge is 0.416 e. The fourth-order valence-corrected chi connectivity index (χ4v) is 6.03. The van der Waals surface area contributed by atoms with E-state index in [1.54, 1.807) is 23.1 Å². The molecule has 2 atom stereocenters. The molecular weight excluding hydrogens is 555 g/mol. The Hall–Kier alpha value is -3.06. The van der Waals surface area contributed by atoms with Gasteiger partial charge in [-0.05, 0) is 43.5 Å². The number of carbonyl (C=O) groups excluding carboxylic acids is 1. The monoisotopic (exact) mass is 593 g/mol. The number of aryl methyl sites for hydroxylation is 2. The number of carbonyl (C=O) groups is 1. The van der Waals surface area contributed by atoms with Crippen LogP contribution in [-0.2, 0) is 41.3 Å². The molecular formula is C29H38F3N5O3S. The predicted molar refractivity (Wildman–Crippen MR) is 154 cm³/mol. The van der Waals surface area contributed by atoms with E-state index in [1.807, 2.05) is 4.57 Å². The van der Waals surface area contributed by atoms with E-state index < -0.39 is 28.8 Å². The molecule has 41 heavy (non-hydrogen) atoms. The lowest BCUT2D eigenvalue weighted by Gasteiger charge is -2.39. The highest BCUT2D eigenvalue weighted by Gasteiger charge is 2.34. The predicted octanol–water partition coefficient (Wildman–Crippen LogP) is 2.92. The second-order valence-corrected chi connectivity index (χ2v) is 11.7. The van der Waals surface area contributed by atoms with Gasteiger partial charge in [0, 0.05) is 63.8 Å². The van der Waals surface area contributed by atoms with Crippen LogP contribution in [-0.4, -0.2) is 79.4 Å². The van der Waals surface area contributed by atoms with E-state index >= 15 is 0 Å². The molecule has 12 heteroatoms. The number of aromatic nitrogens is 2.